The Labute approximate surface area is 331 Å². The number of fused-ring (bicyclic) bond motifs is 1. The average molecular weight is 862 g/mol. The van der Waals surface area contributed by atoms with E-state index >= 15 is 0 Å². The Morgan fingerprint density at radius 1 is 0.815 bits per heavy atom. The van der Waals surface area contributed by atoms with Crippen molar-refractivity contribution in [3.05, 3.63) is 129 Å². The summed E-state index contributed by atoms with van der Waals surface area (Å²) in [5.74, 6) is 0.811. The number of imidazole rings is 1. The van der Waals surface area contributed by atoms with E-state index in [0.717, 1.165) is 68.0 Å². The number of aromatic amines is 1. The van der Waals surface area contributed by atoms with Crippen molar-refractivity contribution in [1.29, 1.82) is 0 Å². The summed E-state index contributed by atoms with van der Waals surface area (Å²) in [6, 6.07) is 30.1. The summed E-state index contributed by atoms with van der Waals surface area (Å²) in [5.41, 5.74) is 11.1. The van der Waals surface area contributed by atoms with E-state index in [1.165, 1.54) is 6.92 Å². The molecule has 2 saturated heterocycles. The second-order valence-electron chi connectivity index (χ2n) is 12.8. The van der Waals surface area contributed by atoms with Gasteiger partial charge in [-0.2, -0.15) is 0 Å². The summed E-state index contributed by atoms with van der Waals surface area (Å²) < 4.78 is 12.8. The monoisotopic (exact) mass is 859 g/mol. The van der Waals surface area contributed by atoms with Crippen LogP contribution in [0.5, 0.6) is 0 Å². The average Bonchev–Trinajstić information content (AvgIpc) is 3.96. The van der Waals surface area contributed by atoms with Crippen molar-refractivity contribution in [2.75, 3.05) is 18.8 Å². The minimum Gasteiger partial charge on any atom is -0.445 e. The van der Waals surface area contributed by atoms with Gasteiger partial charge in [0.05, 0.1) is 23.1 Å². The molecule has 3 heterocycles. The molecule has 13 heteroatoms. The number of aldehydes is 1. The predicted octanol–water partition coefficient (Wildman–Crippen LogP) is 8.95. The second-order valence-corrected chi connectivity index (χ2v) is 14.6. The van der Waals surface area contributed by atoms with E-state index in [-0.39, 0.29) is 37.6 Å². The zero-order valence-corrected chi connectivity index (χ0v) is 33.1. The minimum absolute atomic E-state index is 0.0102. The molecule has 2 aliphatic heterocycles. The summed E-state index contributed by atoms with van der Waals surface area (Å²) in [6.07, 6.45) is 3.53. The number of hydrogen-bond donors (Lipinski definition) is 2. The number of carbonyl (C=O) groups is 4. The molecule has 0 spiro atoms. The number of Topliss-reactive ketones (excluding diaryl/α,β-unsaturated/α-hetero) is 1. The molecule has 282 valence electrons. The lowest BCUT2D eigenvalue weighted by molar-refractivity contribution is -0.122. The van der Waals surface area contributed by atoms with Crippen LogP contribution in [-0.2, 0) is 38.7 Å². The number of nitrogens with two attached hydrogens (primary N) is 1. The van der Waals surface area contributed by atoms with Crippen LogP contribution in [0.1, 0.15) is 61.2 Å². The first-order valence-electron chi connectivity index (χ1n) is 17.7. The lowest BCUT2D eigenvalue weighted by atomic mass is 10.0. The minimum atomic E-state index is -0.448. The van der Waals surface area contributed by atoms with Crippen molar-refractivity contribution in [2.45, 2.75) is 64.3 Å². The van der Waals surface area contributed by atoms with Crippen LogP contribution >= 0.6 is 31.9 Å². The fraction of sp³-hybridized carbons (Fsp3) is 0.293. The predicted molar refractivity (Wildman–Crippen MR) is 214 cm³/mol. The molecule has 7 rings (SSSR count). The van der Waals surface area contributed by atoms with E-state index < -0.39 is 12.1 Å². The molecule has 5 aromatic rings. The Morgan fingerprint density at radius 3 is 2.02 bits per heavy atom. The van der Waals surface area contributed by atoms with Gasteiger partial charge >= 0.3 is 12.2 Å². The standard InChI is InChI=1S/C20H21BrN2O3.C19H18BrN3O2.C2H4O/c21-16-8-9-17(22)15(11-16)12-19(24)18-7-4-10-23(18)20(25)26-13-14-5-2-1-3-6-14;20-14-8-9-15-16(11-14)22-18(21-15)17-7-4-10-23(17)19(24)25-12-13-5-2-1-3-6-13;1-2-3/h1-3,5-6,8-9,11,18H,4,7,10,12-13,22H2;1-3,5-6,8-9,11,17H,4,7,10,12H2,(H,21,22);2H,1H3/t18-;17-;/m00./s1. The third kappa shape index (κ3) is 11.0. The van der Waals surface area contributed by atoms with Gasteiger partial charge in [0.2, 0.25) is 0 Å². The van der Waals surface area contributed by atoms with Crippen LogP contribution in [0, 0.1) is 0 Å². The molecule has 0 bridgehead atoms. The number of amides is 2. The number of nitrogens with one attached hydrogen (secondary N) is 1. The number of halogens is 2. The molecule has 3 N–H and O–H groups in total. The molecular formula is C41H43Br2N5O6. The van der Waals surface area contributed by atoms with Crippen molar-refractivity contribution in [3.63, 3.8) is 0 Å². The highest BCUT2D eigenvalue weighted by Crippen LogP contribution is 2.32. The molecule has 2 aliphatic rings. The summed E-state index contributed by atoms with van der Waals surface area (Å²) in [7, 11) is 0. The largest absolute Gasteiger partial charge is 0.445 e. The molecule has 4 aromatic carbocycles. The van der Waals surface area contributed by atoms with Crippen LogP contribution in [0.2, 0.25) is 0 Å². The summed E-state index contributed by atoms with van der Waals surface area (Å²) in [4.78, 5) is 57.8. The van der Waals surface area contributed by atoms with Gasteiger partial charge < -0.3 is 25.0 Å². The number of benzene rings is 4. The Morgan fingerprint density at radius 2 is 1.37 bits per heavy atom. The second kappa shape index (κ2) is 19.9. The molecule has 54 heavy (non-hydrogen) atoms. The van der Waals surface area contributed by atoms with Crippen LogP contribution in [-0.4, -0.2) is 63.2 Å². The highest BCUT2D eigenvalue weighted by molar-refractivity contribution is 9.10. The van der Waals surface area contributed by atoms with Crippen molar-refractivity contribution in [2.24, 2.45) is 0 Å². The van der Waals surface area contributed by atoms with Gasteiger partial charge in [-0.1, -0.05) is 92.5 Å². The number of ether oxygens (including phenoxy) is 2. The van der Waals surface area contributed by atoms with Crippen LogP contribution < -0.4 is 5.73 Å². The van der Waals surface area contributed by atoms with Gasteiger partial charge in [0.15, 0.2) is 5.78 Å². The molecule has 0 radical (unpaired) electrons. The zero-order chi connectivity index (χ0) is 38.5. The highest BCUT2D eigenvalue weighted by Gasteiger charge is 2.35. The van der Waals surface area contributed by atoms with Gasteiger partial charge in [-0.3, -0.25) is 14.6 Å². The maximum atomic E-state index is 12.7. The fourth-order valence-corrected chi connectivity index (χ4v) is 7.16. The first-order chi connectivity index (χ1) is 26.2. The van der Waals surface area contributed by atoms with Gasteiger partial charge in [-0.15, -0.1) is 0 Å². The molecular weight excluding hydrogens is 818 g/mol. The van der Waals surface area contributed by atoms with Crippen LogP contribution in [0.15, 0.2) is 106 Å². The normalized spacial score (nSPS) is 16.1. The van der Waals surface area contributed by atoms with Crippen LogP contribution in [0.4, 0.5) is 15.3 Å². The number of rotatable bonds is 8. The van der Waals surface area contributed by atoms with E-state index in [4.69, 9.17) is 20.0 Å². The van der Waals surface area contributed by atoms with E-state index in [0.29, 0.717) is 25.2 Å². The number of anilines is 1. The van der Waals surface area contributed by atoms with Crippen molar-refractivity contribution < 1.29 is 28.7 Å². The van der Waals surface area contributed by atoms with E-state index in [9.17, 15) is 14.4 Å². The van der Waals surface area contributed by atoms with Crippen LogP contribution in [0.25, 0.3) is 11.0 Å². The molecule has 2 fully saturated rings. The molecule has 11 nitrogen and oxygen atoms in total. The van der Waals surface area contributed by atoms with E-state index in [1.54, 1.807) is 15.9 Å². The third-order valence-corrected chi connectivity index (χ3v) is 9.99. The third-order valence-electron chi connectivity index (χ3n) is 9.00. The molecule has 2 atom stereocenters. The van der Waals surface area contributed by atoms with Crippen LogP contribution in [0.3, 0.4) is 0 Å². The fourth-order valence-electron chi connectivity index (χ4n) is 6.39. The van der Waals surface area contributed by atoms with Gasteiger partial charge in [0.1, 0.15) is 25.3 Å². The summed E-state index contributed by atoms with van der Waals surface area (Å²) >= 11 is 6.87. The lowest BCUT2D eigenvalue weighted by Gasteiger charge is -2.23. The Balaban J connectivity index is 0.000000194. The SMILES string of the molecule is CC=O.Nc1ccc(Br)cc1CC(=O)[C@@H]1CCCN1C(=O)OCc1ccccc1.O=C(OCc1ccccc1)N1CCC[C@H]1c1nc2ccc(Br)cc2[nH]1. The summed E-state index contributed by atoms with van der Waals surface area (Å²) in [6.45, 7) is 3.17. The number of carbonyl (C=O) groups excluding carboxylic acids is 4. The molecule has 0 unspecified atom stereocenters. The molecule has 2 amide bonds. The van der Waals surface area contributed by atoms with Crippen molar-refractivity contribution in [1.82, 2.24) is 19.8 Å². The number of nitrogens with zero attached hydrogens (tertiary/aromatic N) is 3. The molecule has 0 aliphatic carbocycles. The number of nitrogen functional groups attached to an aromatic ring is 1. The number of aromatic nitrogens is 2. The number of hydrogen-bond acceptors (Lipinski definition) is 8. The van der Waals surface area contributed by atoms with Gasteiger partial charge in [-0.25, -0.2) is 14.6 Å². The first-order valence-corrected chi connectivity index (χ1v) is 19.3. The maximum absolute atomic E-state index is 12.7. The quantitative estimate of drug-likeness (QED) is 0.116. The van der Waals surface area contributed by atoms with Crippen molar-refractivity contribution >= 4 is 72.8 Å². The maximum Gasteiger partial charge on any atom is 0.410 e. The molecule has 1 aromatic heterocycles. The highest BCUT2D eigenvalue weighted by atomic mass is 79.9. The van der Waals surface area contributed by atoms with E-state index in [1.807, 2.05) is 91.0 Å². The topological polar surface area (TPSA) is 148 Å². The number of ketones is 1. The summed E-state index contributed by atoms with van der Waals surface area (Å²) in [5, 5.41) is 0. The smallest absolute Gasteiger partial charge is 0.410 e. The first kappa shape index (κ1) is 40.2. The Hall–Kier alpha value is -5.01. The van der Waals surface area contributed by atoms with Gasteiger partial charge in [0.25, 0.3) is 0 Å². The number of H-pyrrole nitrogens is 1. The number of likely N-dealkylation sites (tertiary alicyclic amines) is 2. The van der Waals surface area contributed by atoms with Gasteiger partial charge in [-0.05, 0) is 85.7 Å². The zero-order valence-electron chi connectivity index (χ0n) is 30.0. The van der Waals surface area contributed by atoms with Gasteiger partial charge in [0, 0.05) is 34.1 Å². The lowest BCUT2D eigenvalue weighted by Crippen LogP contribution is -2.41. The van der Waals surface area contributed by atoms with E-state index in [2.05, 4.69) is 41.8 Å². The molecule has 0 saturated carbocycles. The Kier molecular flexibility index (Phi) is 14.8. The van der Waals surface area contributed by atoms with Crippen molar-refractivity contribution in [3.8, 4) is 0 Å². The Bertz CT molecular complexity index is 2030.